The molecule has 46 valence electrons. The number of hydrogen-bond donors (Lipinski definition) is 2. The zero-order valence-corrected chi connectivity index (χ0v) is 4.55. The quantitative estimate of drug-likeness (QED) is 0.456. The Hall–Kier alpha value is -0.410. The highest BCUT2D eigenvalue weighted by atomic mass is 16.3. The van der Waals surface area contributed by atoms with Gasteiger partial charge < -0.3 is 10.4 Å². The van der Waals surface area contributed by atoms with Crippen LogP contribution in [0.3, 0.4) is 0 Å². The number of nitrogens with one attached hydrogen (secondary N) is 1. The Kier molecular flexibility index (Phi) is 1.60. The van der Waals surface area contributed by atoms with Gasteiger partial charge in [0.1, 0.15) is 0 Å². The van der Waals surface area contributed by atoms with E-state index in [-0.39, 0.29) is 18.4 Å². The minimum absolute atomic E-state index is 0.0567. The number of aliphatic hydroxyl groups is 1. The van der Waals surface area contributed by atoms with E-state index in [1.807, 2.05) is 0 Å². The Bertz CT molecular complexity index is 103. The van der Waals surface area contributed by atoms with E-state index in [4.69, 9.17) is 5.11 Å². The van der Waals surface area contributed by atoms with Gasteiger partial charge in [0, 0.05) is 13.0 Å². The predicted octanol–water partition coefficient (Wildman–Crippen LogP) is -1.09. The van der Waals surface area contributed by atoms with E-state index in [2.05, 4.69) is 5.32 Å². The average molecular weight is 115 g/mol. The number of carbonyl (C=O) groups excluding carboxylic acids is 1. The van der Waals surface area contributed by atoms with E-state index >= 15 is 0 Å². The molecule has 2 N–H and O–H groups in total. The van der Waals surface area contributed by atoms with Crippen LogP contribution in [-0.2, 0) is 4.79 Å². The summed E-state index contributed by atoms with van der Waals surface area (Å²) in [6.07, 6.45) is 0.575. The van der Waals surface area contributed by atoms with Crippen molar-refractivity contribution >= 4 is 5.78 Å². The van der Waals surface area contributed by atoms with E-state index in [1.165, 1.54) is 0 Å². The van der Waals surface area contributed by atoms with Gasteiger partial charge in [-0.05, 0) is 0 Å². The van der Waals surface area contributed by atoms with Gasteiger partial charge in [0.15, 0.2) is 5.78 Å². The molecule has 1 aliphatic rings. The van der Waals surface area contributed by atoms with Crippen LogP contribution in [0.1, 0.15) is 6.42 Å². The maximum absolute atomic E-state index is 10.6. The van der Waals surface area contributed by atoms with Crippen LogP contribution in [0.2, 0.25) is 0 Å². The third-order valence-electron chi connectivity index (χ3n) is 1.33. The molecule has 3 heteroatoms. The van der Waals surface area contributed by atoms with Crippen LogP contribution in [-0.4, -0.2) is 30.1 Å². The Labute approximate surface area is 47.7 Å². The molecule has 0 aromatic heterocycles. The molecule has 0 aliphatic carbocycles. The van der Waals surface area contributed by atoms with Crippen LogP contribution in [0.15, 0.2) is 0 Å². The zero-order valence-electron chi connectivity index (χ0n) is 4.55. The number of Topliss-reactive ketones (excluding diaryl/α,β-unsaturated/α-hetero) is 1. The van der Waals surface area contributed by atoms with E-state index in [0.717, 1.165) is 6.54 Å². The van der Waals surface area contributed by atoms with Crippen LogP contribution in [0.5, 0.6) is 0 Å². The molecule has 0 spiro atoms. The summed E-state index contributed by atoms with van der Waals surface area (Å²) in [6, 6.07) is -0.269. The van der Waals surface area contributed by atoms with Gasteiger partial charge >= 0.3 is 0 Å². The van der Waals surface area contributed by atoms with Crippen LogP contribution in [0, 0.1) is 0 Å². The second kappa shape index (κ2) is 2.24. The molecule has 0 aromatic carbocycles. The van der Waals surface area contributed by atoms with Gasteiger partial charge in [0.05, 0.1) is 12.6 Å². The smallest absolute Gasteiger partial charge is 0.153 e. The third-order valence-corrected chi connectivity index (χ3v) is 1.33. The lowest BCUT2D eigenvalue weighted by molar-refractivity contribution is -0.119. The van der Waals surface area contributed by atoms with Crippen molar-refractivity contribution in [3.05, 3.63) is 0 Å². The monoisotopic (exact) mass is 115 g/mol. The summed E-state index contributed by atoms with van der Waals surface area (Å²) in [5.41, 5.74) is 0. The van der Waals surface area contributed by atoms with Crippen molar-refractivity contribution in [1.82, 2.24) is 5.32 Å². The third kappa shape index (κ3) is 0.877. The molecule has 3 nitrogen and oxygen atoms in total. The number of rotatable bonds is 1. The van der Waals surface area contributed by atoms with E-state index < -0.39 is 0 Å². The van der Waals surface area contributed by atoms with E-state index in [0.29, 0.717) is 6.42 Å². The maximum atomic E-state index is 10.6. The fourth-order valence-corrected chi connectivity index (χ4v) is 0.824. The van der Waals surface area contributed by atoms with Gasteiger partial charge in [-0.25, -0.2) is 0 Å². The van der Waals surface area contributed by atoms with Gasteiger partial charge in [-0.15, -0.1) is 0 Å². The number of carbonyl (C=O) groups is 1. The summed E-state index contributed by atoms with van der Waals surface area (Å²) < 4.78 is 0. The number of hydrogen-bond acceptors (Lipinski definition) is 3. The predicted molar refractivity (Wildman–Crippen MR) is 28.5 cm³/mol. The van der Waals surface area contributed by atoms with Crippen molar-refractivity contribution in [2.24, 2.45) is 0 Å². The summed E-state index contributed by atoms with van der Waals surface area (Å²) in [7, 11) is 0. The molecule has 0 radical (unpaired) electrons. The van der Waals surface area contributed by atoms with Crippen LogP contribution in [0.25, 0.3) is 0 Å². The van der Waals surface area contributed by atoms with Crippen molar-refractivity contribution in [1.29, 1.82) is 0 Å². The highest BCUT2D eigenvalue weighted by Gasteiger charge is 2.21. The first-order chi connectivity index (χ1) is 3.84. The highest BCUT2D eigenvalue weighted by Crippen LogP contribution is 1.97. The minimum atomic E-state index is -0.269. The lowest BCUT2D eigenvalue weighted by atomic mass is 10.2. The second-order valence-corrected chi connectivity index (χ2v) is 1.91. The fraction of sp³-hybridized carbons (Fsp3) is 0.800. The molecule has 0 amide bonds. The topological polar surface area (TPSA) is 49.3 Å². The molecule has 1 rings (SSSR count). The summed E-state index contributed by atoms with van der Waals surface area (Å²) in [5.74, 6) is 0.132. The van der Waals surface area contributed by atoms with Crippen molar-refractivity contribution in [3.63, 3.8) is 0 Å². The average Bonchev–Trinajstić information content (AvgIpc) is 2.14. The van der Waals surface area contributed by atoms with Crippen molar-refractivity contribution in [2.45, 2.75) is 12.5 Å². The molecule has 1 aliphatic heterocycles. The van der Waals surface area contributed by atoms with Gasteiger partial charge in [-0.1, -0.05) is 0 Å². The molecule has 1 fully saturated rings. The Morgan fingerprint density at radius 1 is 1.88 bits per heavy atom. The summed E-state index contributed by atoms with van der Waals surface area (Å²) in [6.45, 7) is 0.670. The molecule has 1 heterocycles. The lowest BCUT2D eigenvalue weighted by Gasteiger charge is -2.00. The molecular formula is C5H9NO2. The largest absolute Gasteiger partial charge is 0.394 e. The first-order valence-electron chi connectivity index (χ1n) is 2.71. The van der Waals surface area contributed by atoms with Gasteiger partial charge in [0.25, 0.3) is 0 Å². The van der Waals surface area contributed by atoms with Crippen LogP contribution in [0.4, 0.5) is 0 Å². The second-order valence-electron chi connectivity index (χ2n) is 1.91. The van der Waals surface area contributed by atoms with Gasteiger partial charge in [-0.2, -0.15) is 0 Å². The normalized spacial score (nSPS) is 29.1. The molecule has 0 aromatic rings. The van der Waals surface area contributed by atoms with E-state index in [1.54, 1.807) is 0 Å². The molecule has 1 atom stereocenters. The van der Waals surface area contributed by atoms with Crippen molar-refractivity contribution in [3.8, 4) is 0 Å². The van der Waals surface area contributed by atoms with E-state index in [9.17, 15) is 4.79 Å². The summed E-state index contributed by atoms with van der Waals surface area (Å²) >= 11 is 0. The molecule has 0 bridgehead atoms. The highest BCUT2D eigenvalue weighted by molar-refractivity contribution is 5.86. The summed E-state index contributed by atoms with van der Waals surface area (Å²) in [4.78, 5) is 10.6. The standard InChI is InChI=1S/C5H9NO2/c7-3-4-5(8)1-2-6-4/h4,6-7H,1-3H2. The first-order valence-corrected chi connectivity index (χ1v) is 2.71. The first kappa shape index (κ1) is 5.72. The SMILES string of the molecule is O=C1CCNC1CO. The van der Waals surface area contributed by atoms with Gasteiger partial charge in [0.2, 0.25) is 0 Å². The van der Waals surface area contributed by atoms with Crippen LogP contribution < -0.4 is 5.32 Å². The molecule has 0 saturated carbocycles. The van der Waals surface area contributed by atoms with Gasteiger partial charge in [-0.3, -0.25) is 4.79 Å². The Morgan fingerprint density at radius 3 is 2.88 bits per heavy atom. The maximum Gasteiger partial charge on any atom is 0.153 e. The Morgan fingerprint density at radius 2 is 2.62 bits per heavy atom. The fourth-order valence-electron chi connectivity index (χ4n) is 0.824. The molecule has 8 heavy (non-hydrogen) atoms. The molecule has 1 saturated heterocycles. The number of ketones is 1. The van der Waals surface area contributed by atoms with Crippen molar-refractivity contribution < 1.29 is 9.90 Å². The minimum Gasteiger partial charge on any atom is -0.394 e. The lowest BCUT2D eigenvalue weighted by Crippen LogP contribution is -2.30. The molecule has 1 unspecified atom stereocenters. The summed E-state index contributed by atoms with van der Waals surface area (Å²) in [5, 5.41) is 11.3. The number of aliphatic hydroxyl groups excluding tert-OH is 1. The van der Waals surface area contributed by atoms with Crippen molar-refractivity contribution in [2.75, 3.05) is 13.2 Å². The Balaban J connectivity index is 2.42. The van der Waals surface area contributed by atoms with Crippen LogP contribution >= 0.6 is 0 Å². The molecular weight excluding hydrogens is 106 g/mol. The zero-order chi connectivity index (χ0) is 5.98.